The number of aliphatic hydroxyl groups excluding tert-OH is 1. The van der Waals surface area contributed by atoms with Crippen LogP contribution in [0, 0.1) is 0 Å². The molecule has 0 radical (unpaired) electrons. The molecule has 6 nitrogen and oxygen atoms in total. The van der Waals surface area contributed by atoms with E-state index in [1.54, 1.807) is 0 Å². The summed E-state index contributed by atoms with van der Waals surface area (Å²) in [5.41, 5.74) is 8.59. The molecule has 2 amide bonds. The molecule has 0 spiro atoms. The quantitative estimate of drug-likeness (QED) is 0.625. The van der Waals surface area contributed by atoms with Crippen LogP contribution in [0.2, 0.25) is 0 Å². The van der Waals surface area contributed by atoms with Crippen molar-refractivity contribution in [3.8, 4) is 11.1 Å². The van der Waals surface area contributed by atoms with Crippen LogP contribution in [0.25, 0.3) is 16.7 Å². The minimum atomic E-state index is -0.829. The third kappa shape index (κ3) is 5.15. The standard InChI is InChI=1S/C24H26N2O4/c25-22(28)13-15-24(26-23(29)30-17-16-27)14-5-4-8-21(24)20-11-9-19(10-12-20)18-6-2-1-3-7-18/h1-12,27H,13-17H2,(H2,25,28)(H,26,29). The van der Waals surface area contributed by atoms with Gasteiger partial charge in [-0.2, -0.15) is 0 Å². The molecule has 156 valence electrons. The van der Waals surface area contributed by atoms with Gasteiger partial charge >= 0.3 is 6.09 Å². The molecule has 6 heteroatoms. The summed E-state index contributed by atoms with van der Waals surface area (Å²) >= 11 is 0. The second kappa shape index (κ2) is 9.89. The minimum absolute atomic E-state index is 0.0988. The maximum atomic E-state index is 12.3. The Morgan fingerprint density at radius 2 is 1.70 bits per heavy atom. The van der Waals surface area contributed by atoms with Gasteiger partial charge in [0.1, 0.15) is 6.61 Å². The zero-order chi connectivity index (χ0) is 21.4. The van der Waals surface area contributed by atoms with Crippen LogP contribution in [-0.4, -0.2) is 35.9 Å². The van der Waals surface area contributed by atoms with Gasteiger partial charge in [0.05, 0.1) is 12.1 Å². The molecule has 1 atom stereocenters. The number of primary amides is 1. The Morgan fingerprint density at radius 3 is 2.37 bits per heavy atom. The summed E-state index contributed by atoms with van der Waals surface area (Å²) in [5, 5.41) is 11.8. The lowest BCUT2D eigenvalue weighted by Crippen LogP contribution is -2.50. The van der Waals surface area contributed by atoms with Crippen molar-refractivity contribution in [3.63, 3.8) is 0 Å². The summed E-state index contributed by atoms with van der Waals surface area (Å²) in [7, 11) is 0. The van der Waals surface area contributed by atoms with E-state index in [0.717, 1.165) is 22.3 Å². The second-order valence-corrected chi connectivity index (χ2v) is 7.19. The van der Waals surface area contributed by atoms with Crippen LogP contribution in [0.1, 0.15) is 24.8 Å². The van der Waals surface area contributed by atoms with E-state index in [1.165, 1.54) is 0 Å². The van der Waals surface area contributed by atoms with Gasteiger partial charge in [0.15, 0.2) is 0 Å². The van der Waals surface area contributed by atoms with Crippen LogP contribution in [-0.2, 0) is 9.53 Å². The molecule has 0 heterocycles. The molecule has 4 N–H and O–H groups in total. The van der Waals surface area contributed by atoms with E-state index in [-0.39, 0.29) is 19.6 Å². The number of hydrogen-bond donors (Lipinski definition) is 3. The van der Waals surface area contributed by atoms with Crippen LogP contribution in [0.15, 0.2) is 72.8 Å². The highest BCUT2D eigenvalue weighted by Gasteiger charge is 2.37. The fourth-order valence-corrected chi connectivity index (χ4v) is 3.67. The molecule has 0 aromatic heterocycles. The SMILES string of the molecule is NC(=O)CCC1(NC(=O)OCCO)CC=CC=C1c1ccc(-c2ccccc2)cc1. The summed E-state index contributed by atoms with van der Waals surface area (Å²) in [4.78, 5) is 23.8. The molecule has 0 saturated heterocycles. The fraction of sp³-hybridized carbons (Fsp3) is 0.250. The predicted octanol–water partition coefficient (Wildman–Crippen LogP) is 3.42. The molecule has 2 aromatic carbocycles. The first kappa shape index (κ1) is 21.3. The normalized spacial score (nSPS) is 17.8. The molecule has 3 rings (SSSR count). The Hall–Kier alpha value is -3.38. The lowest BCUT2D eigenvalue weighted by atomic mass is 9.76. The maximum Gasteiger partial charge on any atom is 0.407 e. The number of rotatable bonds is 8. The molecule has 2 aromatic rings. The summed E-state index contributed by atoms with van der Waals surface area (Å²) in [5.74, 6) is -0.437. The van der Waals surface area contributed by atoms with E-state index in [4.69, 9.17) is 15.6 Å². The van der Waals surface area contributed by atoms with E-state index in [1.807, 2.05) is 72.8 Å². The van der Waals surface area contributed by atoms with Crippen molar-refractivity contribution in [1.82, 2.24) is 5.32 Å². The number of ether oxygens (including phenoxy) is 1. The predicted molar refractivity (Wildman–Crippen MR) is 116 cm³/mol. The van der Waals surface area contributed by atoms with Crippen LogP contribution in [0.4, 0.5) is 4.79 Å². The first-order valence-electron chi connectivity index (χ1n) is 9.91. The number of aliphatic hydroxyl groups is 1. The Morgan fingerprint density at radius 1 is 1.03 bits per heavy atom. The number of nitrogens with two attached hydrogens (primary N) is 1. The van der Waals surface area contributed by atoms with Crippen LogP contribution >= 0.6 is 0 Å². The minimum Gasteiger partial charge on any atom is -0.447 e. The fourth-order valence-electron chi connectivity index (χ4n) is 3.67. The van der Waals surface area contributed by atoms with Gasteiger partial charge in [-0.05, 0) is 35.1 Å². The van der Waals surface area contributed by atoms with Crippen molar-refractivity contribution in [2.45, 2.75) is 24.8 Å². The second-order valence-electron chi connectivity index (χ2n) is 7.19. The zero-order valence-electron chi connectivity index (χ0n) is 16.7. The van der Waals surface area contributed by atoms with Gasteiger partial charge in [-0.1, -0.05) is 72.8 Å². The Labute approximate surface area is 176 Å². The Bertz CT molecular complexity index is 935. The molecule has 0 saturated carbocycles. The van der Waals surface area contributed by atoms with Gasteiger partial charge in [0, 0.05) is 6.42 Å². The third-order valence-corrected chi connectivity index (χ3v) is 5.15. The van der Waals surface area contributed by atoms with Gasteiger partial charge in [-0.25, -0.2) is 4.79 Å². The number of carbonyl (C=O) groups excluding carboxylic acids is 2. The van der Waals surface area contributed by atoms with Crippen molar-refractivity contribution in [2.24, 2.45) is 5.73 Å². The van der Waals surface area contributed by atoms with Gasteiger partial charge in [-0.3, -0.25) is 4.79 Å². The molecule has 0 aliphatic heterocycles. The number of allylic oxidation sites excluding steroid dienone is 2. The lowest BCUT2D eigenvalue weighted by molar-refractivity contribution is -0.118. The number of hydrogen-bond acceptors (Lipinski definition) is 4. The van der Waals surface area contributed by atoms with Crippen molar-refractivity contribution in [1.29, 1.82) is 0 Å². The van der Waals surface area contributed by atoms with Crippen LogP contribution in [0.3, 0.4) is 0 Å². The third-order valence-electron chi connectivity index (χ3n) is 5.15. The highest BCUT2D eigenvalue weighted by Crippen LogP contribution is 2.38. The molecular formula is C24H26N2O4. The molecule has 0 fully saturated rings. The van der Waals surface area contributed by atoms with Crippen molar-refractivity contribution in [3.05, 3.63) is 78.4 Å². The van der Waals surface area contributed by atoms with Gasteiger partial charge in [0.2, 0.25) is 5.91 Å². The van der Waals surface area contributed by atoms with E-state index in [0.29, 0.717) is 12.8 Å². The summed E-state index contributed by atoms with van der Waals surface area (Å²) in [6, 6.07) is 18.1. The monoisotopic (exact) mass is 406 g/mol. The highest BCUT2D eigenvalue weighted by atomic mass is 16.6. The highest BCUT2D eigenvalue weighted by molar-refractivity contribution is 5.83. The topological polar surface area (TPSA) is 102 Å². The molecule has 1 aliphatic rings. The van der Waals surface area contributed by atoms with Crippen LogP contribution < -0.4 is 11.1 Å². The Balaban J connectivity index is 1.91. The first-order chi connectivity index (χ1) is 14.5. The number of alkyl carbamates (subject to hydrolysis) is 1. The first-order valence-corrected chi connectivity index (χ1v) is 9.91. The lowest BCUT2D eigenvalue weighted by Gasteiger charge is -2.38. The van der Waals surface area contributed by atoms with Gasteiger partial charge < -0.3 is 20.9 Å². The number of benzene rings is 2. The molecule has 1 aliphatic carbocycles. The Kier molecular flexibility index (Phi) is 7.03. The molecular weight excluding hydrogens is 380 g/mol. The van der Waals surface area contributed by atoms with E-state index >= 15 is 0 Å². The summed E-state index contributed by atoms with van der Waals surface area (Å²) in [6.07, 6.45) is 6.13. The van der Waals surface area contributed by atoms with Gasteiger partial charge in [-0.15, -0.1) is 0 Å². The van der Waals surface area contributed by atoms with Crippen molar-refractivity contribution >= 4 is 17.6 Å². The number of nitrogens with one attached hydrogen (secondary N) is 1. The van der Waals surface area contributed by atoms with E-state index in [2.05, 4.69) is 5.32 Å². The number of amides is 2. The summed E-state index contributed by atoms with van der Waals surface area (Å²) < 4.78 is 5.02. The maximum absolute atomic E-state index is 12.3. The van der Waals surface area contributed by atoms with Crippen molar-refractivity contribution < 1.29 is 19.4 Å². The van der Waals surface area contributed by atoms with Gasteiger partial charge in [0.25, 0.3) is 0 Å². The van der Waals surface area contributed by atoms with E-state index in [9.17, 15) is 9.59 Å². The van der Waals surface area contributed by atoms with E-state index < -0.39 is 17.5 Å². The average molecular weight is 406 g/mol. The zero-order valence-corrected chi connectivity index (χ0v) is 16.7. The number of carbonyl (C=O) groups is 2. The molecule has 0 bridgehead atoms. The largest absolute Gasteiger partial charge is 0.447 e. The average Bonchev–Trinajstić information content (AvgIpc) is 2.77. The summed E-state index contributed by atoms with van der Waals surface area (Å²) in [6.45, 7) is -0.357. The van der Waals surface area contributed by atoms with Crippen LogP contribution in [0.5, 0.6) is 0 Å². The van der Waals surface area contributed by atoms with Crippen molar-refractivity contribution in [2.75, 3.05) is 13.2 Å². The molecule has 30 heavy (non-hydrogen) atoms. The smallest absolute Gasteiger partial charge is 0.407 e. The molecule has 1 unspecified atom stereocenters.